The highest BCUT2D eigenvalue weighted by Crippen LogP contribution is 2.51. The first-order chi connectivity index (χ1) is 17.8. The van der Waals surface area contributed by atoms with Crippen LogP contribution in [0.5, 0.6) is 5.75 Å². The minimum Gasteiger partial charge on any atom is -0.493 e. The van der Waals surface area contributed by atoms with Crippen LogP contribution in [0.15, 0.2) is 30.3 Å². The molecule has 1 heterocycles. The number of aromatic nitrogens is 2. The molecule has 1 aromatic heterocycles. The molecule has 0 aliphatic heterocycles. The molecule has 1 saturated carbocycles. The SMILES string of the molecule is CCOc1cc2c(cc1C(=O)NCC1CC1(C)C)nc(Nc1cc(CNC(=O)C(C)(C)C)ccc1Cl)n2C. The zero-order valence-electron chi connectivity index (χ0n) is 23.3. The van der Waals surface area contributed by atoms with E-state index in [-0.39, 0.29) is 17.2 Å². The van der Waals surface area contributed by atoms with E-state index in [9.17, 15) is 9.59 Å². The van der Waals surface area contributed by atoms with Crippen molar-refractivity contribution in [3.63, 3.8) is 0 Å². The predicted molar refractivity (Wildman–Crippen MR) is 152 cm³/mol. The molecule has 0 saturated heterocycles. The van der Waals surface area contributed by atoms with Crippen molar-refractivity contribution in [3.05, 3.63) is 46.5 Å². The number of amides is 2. The Morgan fingerprint density at radius 3 is 2.53 bits per heavy atom. The molecule has 1 aliphatic rings. The smallest absolute Gasteiger partial charge is 0.255 e. The minimum absolute atomic E-state index is 0.0249. The third-order valence-electron chi connectivity index (χ3n) is 7.16. The summed E-state index contributed by atoms with van der Waals surface area (Å²) in [5, 5.41) is 9.87. The van der Waals surface area contributed by atoms with Crippen molar-refractivity contribution in [1.82, 2.24) is 20.2 Å². The summed E-state index contributed by atoms with van der Waals surface area (Å²) in [7, 11) is 1.89. The first kappa shape index (κ1) is 27.8. The van der Waals surface area contributed by atoms with E-state index >= 15 is 0 Å². The number of imidazole rings is 1. The number of carbonyl (C=O) groups is 2. The molecule has 8 nitrogen and oxygen atoms in total. The molecule has 0 bridgehead atoms. The van der Waals surface area contributed by atoms with Gasteiger partial charge in [0.05, 0.1) is 33.9 Å². The van der Waals surface area contributed by atoms with Gasteiger partial charge in [-0.2, -0.15) is 0 Å². The summed E-state index contributed by atoms with van der Waals surface area (Å²) in [5.41, 5.74) is 3.36. The lowest BCUT2D eigenvalue weighted by atomic mass is 9.95. The molecule has 3 N–H and O–H groups in total. The van der Waals surface area contributed by atoms with Gasteiger partial charge in [-0.15, -0.1) is 0 Å². The van der Waals surface area contributed by atoms with Crippen LogP contribution in [0.1, 0.15) is 63.9 Å². The highest BCUT2D eigenvalue weighted by molar-refractivity contribution is 6.33. The summed E-state index contributed by atoms with van der Waals surface area (Å²) in [5.74, 6) is 1.40. The third-order valence-corrected chi connectivity index (χ3v) is 7.49. The second kappa shape index (κ2) is 10.5. The molecule has 0 spiro atoms. The van der Waals surface area contributed by atoms with Crippen LogP contribution >= 0.6 is 11.6 Å². The molecule has 0 radical (unpaired) electrons. The van der Waals surface area contributed by atoms with E-state index in [2.05, 4.69) is 29.8 Å². The maximum absolute atomic E-state index is 13.1. The van der Waals surface area contributed by atoms with Gasteiger partial charge >= 0.3 is 0 Å². The standard InChI is InChI=1S/C29H38ClN5O3/c1-8-38-24-13-23-22(12-19(24)25(36)31-16-18-14-29(18,5)6)34-27(35(23)7)33-21-11-17(9-10-20(21)30)15-32-26(37)28(2,3)4/h9-13,18H,8,14-16H2,1-7H3,(H,31,36)(H,32,37)(H,33,34). The number of carbonyl (C=O) groups excluding carboxylic acids is 2. The van der Waals surface area contributed by atoms with E-state index in [1.165, 1.54) is 0 Å². The molecule has 1 aliphatic carbocycles. The number of rotatable bonds is 9. The monoisotopic (exact) mass is 539 g/mol. The topological polar surface area (TPSA) is 97.3 Å². The molecule has 3 aromatic rings. The predicted octanol–water partition coefficient (Wildman–Crippen LogP) is 5.81. The van der Waals surface area contributed by atoms with Crippen molar-refractivity contribution < 1.29 is 14.3 Å². The van der Waals surface area contributed by atoms with Gasteiger partial charge in [-0.25, -0.2) is 4.98 Å². The van der Waals surface area contributed by atoms with Gasteiger partial charge in [-0.1, -0.05) is 52.3 Å². The zero-order valence-corrected chi connectivity index (χ0v) is 24.0. The molecule has 4 rings (SSSR count). The van der Waals surface area contributed by atoms with Crippen LogP contribution in [0.25, 0.3) is 11.0 Å². The number of hydrogen-bond acceptors (Lipinski definition) is 5. The number of hydrogen-bond donors (Lipinski definition) is 3. The van der Waals surface area contributed by atoms with Crippen molar-refractivity contribution in [2.45, 2.75) is 54.5 Å². The van der Waals surface area contributed by atoms with Crippen molar-refractivity contribution in [2.75, 3.05) is 18.5 Å². The fraction of sp³-hybridized carbons (Fsp3) is 0.483. The van der Waals surface area contributed by atoms with Crippen LogP contribution in [-0.2, 0) is 18.4 Å². The van der Waals surface area contributed by atoms with Crippen LogP contribution in [0.2, 0.25) is 5.02 Å². The molecule has 9 heteroatoms. The van der Waals surface area contributed by atoms with E-state index in [4.69, 9.17) is 21.3 Å². The molecule has 38 heavy (non-hydrogen) atoms. The quantitative estimate of drug-likeness (QED) is 0.319. The molecule has 1 fully saturated rings. The normalized spacial score (nSPS) is 16.3. The van der Waals surface area contributed by atoms with Crippen molar-refractivity contribution in [2.24, 2.45) is 23.8 Å². The highest BCUT2D eigenvalue weighted by atomic mass is 35.5. The van der Waals surface area contributed by atoms with Gasteiger partial charge in [0.15, 0.2) is 0 Å². The lowest BCUT2D eigenvalue weighted by Crippen LogP contribution is -2.34. The summed E-state index contributed by atoms with van der Waals surface area (Å²) in [6, 6.07) is 9.20. The van der Waals surface area contributed by atoms with Crippen LogP contribution in [0, 0.1) is 16.7 Å². The fourth-order valence-electron chi connectivity index (χ4n) is 4.37. The molecule has 2 aromatic carbocycles. The lowest BCUT2D eigenvalue weighted by molar-refractivity contribution is -0.128. The number of nitrogens with zero attached hydrogens (tertiary/aromatic N) is 2. The van der Waals surface area contributed by atoms with Gasteiger partial charge in [0.1, 0.15) is 5.75 Å². The number of halogens is 1. The van der Waals surface area contributed by atoms with Gasteiger partial charge in [0, 0.05) is 31.6 Å². The van der Waals surface area contributed by atoms with E-state index in [1.54, 1.807) is 12.1 Å². The summed E-state index contributed by atoms with van der Waals surface area (Å²) in [6.45, 7) is 13.4. The van der Waals surface area contributed by atoms with E-state index in [0.717, 1.165) is 17.5 Å². The Morgan fingerprint density at radius 1 is 1.18 bits per heavy atom. The number of anilines is 2. The summed E-state index contributed by atoms with van der Waals surface area (Å²) in [4.78, 5) is 30.1. The average Bonchev–Trinajstić information content (AvgIpc) is 3.36. The Hall–Kier alpha value is -3.26. The van der Waals surface area contributed by atoms with E-state index in [0.29, 0.717) is 59.1 Å². The van der Waals surface area contributed by atoms with Crippen LogP contribution in [0.4, 0.5) is 11.6 Å². The maximum Gasteiger partial charge on any atom is 0.255 e. The van der Waals surface area contributed by atoms with Crippen molar-refractivity contribution in [1.29, 1.82) is 0 Å². The van der Waals surface area contributed by atoms with Crippen LogP contribution in [0.3, 0.4) is 0 Å². The Kier molecular flexibility index (Phi) is 7.66. The van der Waals surface area contributed by atoms with E-state index < -0.39 is 5.41 Å². The fourth-order valence-corrected chi connectivity index (χ4v) is 4.53. The Balaban J connectivity index is 1.57. The van der Waals surface area contributed by atoms with Gasteiger partial charge in [0.2, 0.25) is 11.9 Å². The largest absolute Gasteiger partial charge is 0.493 e. The first-order valence-corrected chi connectivity index (χ1v) is 13.4. The summed E-state index contributed by atoms with van der Waals surface area (Å²) < 4.78 is 7.74. The summed E-state index contributed by atoms with van der Waals surface area (Å²) in [6.07, 6.45) is 1.12. The number of fused-ring (bicyclic) bond motifs is 1. The Morgan fingerprint density at radius 2 is 1.89 bits per heavy atom. The molecule has 2 amide bonds. The number of nitrogens with one attached hydrogen (secondary N) is 3. The maximum atomic E-state index is 13.1. The van der Waals surface area contributed by atoms with Crippen LogP contribution < -0.4 is 20.7 Å². The lowest BCUT2D eigenvalue weighted by Gasteiger charge is -2.18. The second-order valence-electron chi connectivity index (χ2n) is 11.7. The number of benzene rings is 2. The number of ether oxygens (including phenoxy) is 1. The second-order valence-corrected chi connectivity index (χ2v) is 12.1. The Labute approximate surface area is 229 Å². The number of aryl methyl sites for hydroxylation is 1. The van der Waals surface area contributed by atoms with Gasteiger partial charge in [0.25, 0.3) is 5.91 Å². The van der Waals surface area contributed by atoms with Crippen LogP contribution in [-0.4, -0.2) is 34.5 Å². The molecule has 1 unspecified atom stereocenters. The highest BCUT2D eigenvalue weighted by Gasteiger charge is 2.45. The first-order valence-electron chi connectivity index (χ1n) is 13.1. The third kappa shape index (κ3) is 6.07. The average molecular weight is 540 g/mol. The Bertz CT molecular complexity index is 1370. The molecule has 1 atom stereocenters. The van der Waals surface area contributed by atoms with Crippen molar-refractivity contribution in [3.8, 4) is 5.75 Å². The zero-order chi connectivity index (χ0) is 27.8. The minimum atomic E-state index is -0.467. The summed E-state index contributed by atoms with van der Waals surface area (Å²) >= 11 is 6.49. The van der Waals surface area contributed by atoms with Gasteiger partial charge in [-0.3, -0.25) is 9.59 Å². The molecule has 204 valence electrons. The molecular formula is C29H38ClN5O3. The van der Waals surface area contributed by atoms with Gasteiger partial charge in [-0.05, 0) is 48.4 Å². The van der Waals surface area contributed by atoms with Crippen molar-refractivity contribution >= 4 is 46.1 Å². The van der Waals surface area contributed by atoms with E-state index in [1.807, 2.05) is 57.5 Å². The van der Waals surface area contributed by atoms with Gasteiger partial charge < -0.3 is 25.3 Å². The molecular weight excluding hydrogens is 502 g/mol.